The summed E-state index contributed by atoms with van der Waals surface area (Å²) in [5.41, 5.74) is 3.72. The zero-order chi connectivity index (χ0) is 21.4. The molecule has 3 heterocycles. The van der Waals surface area contributed by atoms with Crippen LogP contribution >= 0.6 is 15.9 Å². The highest BCUT2D eigenvalue weighted by molar-refractivity contribution is 9.10. The number of hydrogen-bond acceptors (Lipinski definition) is 6. The van der Waals surface area contributed by atoms with Crippen LogP contribution in [0.1, 0.15) is 39.9 Å². The van der Waals surface area contributed by atoms with Crippen molar-refractivity contribution in [1.29, 1.82) is 0 Å². The Labute approximate surface area is 179 Å². The highest BCUT2D eigenvalue weighted by atomic mass is 79.9. The summed E-state index contributed by atoms with van der Waals surface area (Å²) in [5.74, 6) is 1.05. The maximum atomic E-state index is 12.4. The Morgan fingerprint density at radius 2 is 1.52 bits per heavy atom. The molecule has 0 saturated heterocycles. The van der Waals surface area contributed by atoms with Gasteiger partial charge in [0.1, 0.15) is 0 Å². The molecule has 7 heteroatoms. The summed E-state index contributed by atoms with van der Waals surface area (Å²) in [6, 6.07) is 7.17. The van der Waals surface area contributed by atoms with E-state index in [-0.39, 0.29) is 11.7 Å². The summed E-state index contributed by atoms with van der Waals surface area (Å²) in [6.45, 7) is 5.84. The zero-order valence-corrected chi connectivity index (χ0v) is 18.7. The lowest BCUT2D eigenvalue weighted by Gasteiger charge is -2.14. The highest BCUT2D eigenvalue weighted by Crippen LogP contribution is 2.24. The average Bonchev–Trinajstić information content (AvgIpc) is 2.75. The fraction of sp³-hybridized carbons (Fsp3) is 0.273. The number of Topliss-reactive ketones (excluding diaryl/α,β-unsaturated/α-hetero) is 1. The predicted molar refractivity (Wildman–Crippen MR) is 116 cm³/mol. The monoisotopic (exact) mass is 457 g/mol. The number of hydrogen-bond donors (Lipinski definition) is 0. The van der Waals surface area contributed by atoms with Gasteiger partial charge in [-0.3, -0.25) is 9.78 Å². The SMILES string of the molecule is COc1cc(C)c(Br)cn1.COc1cc(C)c(C(C)C(=O)c2ccncc2)cn1. The van der Waals surface area contributed by atoms with Crippen LogP contribution in [0.4, 0.5) is 0 Å². The number of ether oxygens (including phenoxy) is 2. The van der Waals surface area contributed by atoms with Gasteiger partial charge in [0, 0.05) is 52.9 Å². The van der Waals surface area contributed by atoms with Crippen molar-refractivity contribution in [3.8, 4) is 11.8 Å². The normalized spacial score (nSPS) is 11.1. The van der Waals surface area contributed by atoms with E-state index in [2.05, 4.69) is 30.9 Å². The Bertz CT molecular complexity index is 965. The van der Waals surface area contributed by atoms with Crippen molar-refractivity contribution in [2.45, 2.75) is 26.7 Å². The topological polar surface area (TPSA) is 74.2 Å². The number of carbonyl (C=O) groups excluding carboxylic acids is 1. The summed E-state index contributed by atoms with van der Waals surface area (Å²) in [5, 5.41) is 0. The zero-order valence-electron chi connectivity index (χ0n) is 17.1. The van der Waals surface area contributed by atoms with Gasteiger partial charge < -0.3 is 9.47 Å². The van der Waals surface area contributed by atoms with Crippen LogP contribution in [0, 0.1) is 13.8 Å². The molecule has 1 atom stereocenters. The number of methoxy groups -OCH3 is 2. The van der Waals surface area contributed by atoms with Gasteiger partial charge in [0.05, 0.1) is 14.2 Å². The van der Waals surface area contributed by atoms with E-state index >= 15 is 0 Å². The fourth-order valence-electron chi connectivity index (χ4n) is 2.64. The van der Waals surface area contributed by atoms with E-state index in [1.165, 1.54) is 0 Å². The van der Waals surface area contributed by atoms with E-state index in [1.54, 1.807) is 51.1 Å². The molecule has 152 valence electrons. The van der Waals surface area contributed by atoms with E-state index in [0.717, 1.165) is 21.2 Å². The van der Waals surface area contributed by atoms with Gasteiger partial charge in [-0.25, -0.2) is 9.97 Å². The minimum Gasteiger partial charge on any atom is -0.481 e. The van der Waals surface area contributed by atoms with Crippen molar-refractivity contribution < 1.29 is 14.3 Å². The molecule has 0 radical (unpaired) electrons. The van der Waals surface area contributed by atoms with E-state index < -0.39 is 0 Å². The lowest BCUT2D eigenvalue weighted by molar-refractivity contribution is 0.0965. The van der Waals surface area contributed by atoms with E-state index in [4.69, 9.17) is 9.47 Å². The first kappa shape index (κ1) is 22.5. The molecule has 0 fully saturated rings. The summed E-state index contributed by atoms with van der Waals surface area (Å²) in [7, 11) is 3.18. The lowest BCUT2D eigenvalue weighted by Crippen LogP contribution is -2.11. The highest BCUT2D eigenvalue weighted by Gasteiger charge is 2.19. The molecule has 1 unspecified atom stereocenters. The van der Waals surface area contributed by atoms with Crippen LogP contribution in [0.5, 0.6) is 11.8 Å². The van der Waals surface area contributed by atoms with Gasteiger partial charge in [-0.05, 0) is 58.6 Å². The predicted octanol–water partition coefficient (Wildman–Crippen LogP) is 4.94. The molecule has 6 nitrogen and oxygen atoms in total. The molecule has 0 aromatic carbocycles. The van der Waals surface area contributed by atoms with E-state index in [1.807, 2.05) is 32.9 Å². The van der Waals surface area contributed by atoms with Gasteiger partial charge in [0.15, 0.2) is 5.78 Å². The number of pyridine rings is 3. The van der Waals surface area contributed by atoms with Crippen molar-refractivity contribution in [3.05, 3.63) is 75.8 Å². The van der Waals surface area contributed by atoms with Crippen molar-refractivity contribution >= 4 is 21.7 Å². The first-order chi connectivity index (χ1) is 13.9. The van der Waals surface area contributed by atoms with Crippen LogP contribution in [0.25, 0.3) is 0 Å². The van der Waals surface area contributed by atoms with Gasteiger partial charge in [-0.15, -0.1) is 0 Å². The molecule has 0 aliphatic carbocycles. The van der Waals surface area contributed by atoms with Crippen LogP contribution in [-0.2, 0) is 0 Å². The second-order valence-electron chi connectivity index (χ2n) is 6.38. The van der Waals surface area contributed by atoms with Crippen LogP contribution in [0.15, 0.2) is 53.5 Å². The molecule has 0 aliphatic rings. The number of aryl methyl sites for hydroxylation is 2. The maximum Gasteiger partial charge on any atom is 0.213 e. The quantitative estimate of drug-likeness (QED) is 0.505. The molecule has 3 aromatic heterocycles. The molecule has 0 bridgehead atoms. The first-order valence-corrected chi connectivity index (χ1v) is 9.77. The minimum atomic E-state index is -0.235. The number of aromatic nitrogens is 3. The van der Waals surface area contributed by atoms with Crippen LogP contribution in [-0.4, -0.2) is 35.0 Å². The average molecular weight is 458 g/mol. The molecule has 3 aromatic rings. The molecule has 29 heavy (non-hydrogen) atoms. The summed E-state index contributed by atoms with van der Waals surface area (Å²) in [4.78, 5) is 24.4. The maximum absolute atomic E-state index is 12.4. The fourth-order valence-corrected chi connectivity index (χ4v) is 2.86. The Balaban J connectivity index is 0.000000253. The minimum absolute atomic E-state index is 0.0671. The second-order valence-corrected chi connectivity index (χ2v) is 7.24. The van der Waals surface area contributed by atoms with Gasteiger partial charge in [0.25, 0.3) is 0 Å². The number of halogens is 1. The van der Waals surface area contributed by atoms with Gasteiger partial charge in [0.2, 0.25) is 11.8 Å². The van der Waals surface area contributed by atoms with Gasteiger partial charge in [-0.2, -0.15) is 0 Å². The third-order valence-electron chi connectivity index (χ3n) is 4.39. The number of carbonyl (C=O) groups is 1. The molecular formula is C22H24BrN3O3. The molecule has 0 amide bonds. The van der Waals surface area contributed by atoms with Crippen molar-refractivity contribution in [3.63, 3.8) is 0 Å². The van der Waals surface area contributed by atoms with E-state index in [9.17, 15) is 4.79 Å². The number of nitrogens with zero attached hydrogens (tertiary/aromatic N) is 3. The third-order valence-corrected chi connectivity index (χ3v) is 5.22. The first-order valence-electron chi connectivity index (χ1n) is 8.98. The number of rotatable bonds is 5. The Morgan fingerprint density at radius 1 is 0.966 bits per heavy atom. The van der Waals surface area contributed by atoms with Gasteiger partial charge >= 0.3 is 0 Å². The smallest absolute Gasteiger partial charge is 0.213 e. The molecular weight excluding hydrogens is 434 g/mol. The van der Waals surface area contributed by atoms with Crippen LogP contribution < -0.4 is 9.47 Å². The van der Waals surface area contributed by atoms with Crippen LogP contribution in [0.2, 0.25) is 0 Å². The van der Waals surface area contributed by atoms with Gasteiger partial charge in [-0.1, -0.05) is 6.92 Å². The Morgan fingerprint density at radius 3 is 2.03 bits per heavy atom. The van der Waals surface area contributed by atoms with Crippen molar-refractivity contribution in [2.75, 3.05) is 14.2 Å². The number of ketones is 1. The molecule has 3 rings (SSSR count). The second kappa shape index (κ2) is 10.7. The molecule has 0 aliphatic heterocycles. The van der Waals surface area contributed by atoms with Crippen molar-refractivity contribution in [2.24, 2.45) is 0 Å². The summed E-state index contributed by atoms with van der Waals surface area (Å²) >= 11 is 3.34. The molecule has 0 N–H and O–H groups in total. The van der Waals surface area contributed by atoms with Crippen LogP contribution in [0.3, 0.4) is 0 Å². The Hall–Kier alpha value is -2.80. The third kappa shape index (κ3) is 6.09. The van der Waals surface area contributed by atoms with Crippen molar-refractivity contribution in [1.82, 2.24) is 15.0 Å². The lowest BCUT2D eigenvalue weighted by atomic mass is 9.91. The molecule has 0 saturated carbocycles. The van der Waals surface area contributed by atoms with E-state index in [0.29, 0.717) is 17.3 Å². The Kier molecular flexibility index (Phi) is 8.27. The standard InChI is InChI=1S/C15H16N2O2.C7H8BrNO/c1-10-8-14(19-3)17-9-13(10)11(2)15(18)12-4-6-16-7-5-12;1-5-3-7(10-2)9-4-6(5)8/h4-9,11H,1-3H3;3-4H,1-2H3. The summed E-state index contributed by atoms with van der Waals surface area (Å²) in [6.07, 6.45) is 6.68. The summed E-state index contributed by atoms with van der Waals surface area (Å²) < 4.78 is 11.0. The largest absolute Gasteiger partial charge is 0.481 e. The molecule has 0 spiro atoms.